The number of allylic oxidation sites excluding steroid dienone is 1. The van der Waals surface area contributed by atoms with Gasteiger partial charge in [0.05, 0.1) is 12.2 Å². The summed E-state index contributed by atoms with van der Waals surface area (Å²) < 4.78 is 4.90. The summed E-state index contributed by atoms with van der Waals surface area (Å²) in [7, 11) is 0. The molecule has 0 aromatic rings. The van der Waals surface area contributed by atoms with Gasteiger partial charge in [-0.3, -0.25) is 0 Å². The van der Waals surface area contributed by atoms with Crippen molar-refractivity contribution in [1.29, 1.82) is 0 Å². The fraction of sp³-hybridized carbons (Fsp3) is 0.500. The van der Waals surface area contributed by atoms with Gasteiger partial charge < -0.3 is 10.1 Å². The van der Waals surface area contributed by atoms with Crippen molar-refractivity contribution in [2.24, 2.45) is 0 Å². The topological polar surface area (TPSA) is 38.3 Å². The Morgan fingerprint density at radius 1 is 1.54 bits per heavy atom. The molecule has 0 saturated heterocycles. The molecule has 0 unspecified atom stereocenters. The summed E-state index contributed by atoms with van der Waals surface area (Å²) in [5, 5.41) is 2.95. The molecule has 1 aliphatic heterocycles. The van der Waals surface area contributed by atoms with E-state index in [0.717, 1.165) is 6.42 Å². The van der Waals surface area contributed by atoms with Crippen molar-refractivity contribution in [2.75, 3.05) is 6.61 Å². The molecule has 0 bridgehead atoms. The Bertz CT molecular complexity index is 254. The molecule has 0 fully saturated rings. The minimum atomic E-state index is -0.214. The van der Waals surface area contributed by atoms with E-state index in [4.69, 9.17) is 4.74 Å². The standard InChI is InChI=1S/C10H15NO2/c1-3-8-5-9(7-11-6-8)10(12)13-4-2/h6-7,11H,3-5H2,1-2H3. The molecule has 1 N–H and O–H groups in total. The maximum atomic E-state index is 11.3. The van der Waals surface area contributed by atoms with E-state index in [0.29, 0.717) is 18.6 Å². The minimum Gasteiger partial charge on any atom is -0.463 e. The lowest BCUT2D eigenvalue weighted by Gasteiger charge is -2.13. The SMILES string of the molecule is CCOC(=O)C1=CNC=C(CC)C1. The molecular formula is C10H15NO2. The van der Waals surface area contributed by atoms with Crippen LogP contribution in [0.2, 0.25) is 0 Å². The summed E-state index contributed by atoms with van der Waals surface area (Å²) in [5.41, 5.74) is 1.94. The maximum absolute atomic E-state index is 11.3. The van der Waals surface area contributed by atoms with Crippen molar-refractivity contribution in [1.82, 2.24) is 5.32 Å². The largest absolute Gasteiger partial charge is 0.463 e. The van der Waals surface area contributed by atoms with Crippen molar-refractivity contribution in [3.8, 4) is 0 Å². The molecule has 1 heterocycles. The number of rotatable bonds is 3. The van der Waals surface area contributed by atoms with Gasteiger partial charge in [-0.1, -0.05) is 6.92 Å². The molecule has 0 aromatic heterocycles. The van der Waals surface area contributed by atoms with Gasteiger partial charge in [-0.15, -0.1) is 0 Å². The molecule has 0 saturated carbocycles. The van der Waals surface area contributed by atoms with Crippen LogP contribution in [0.4, 0.5) is 0 Å². The third-order valence-electron chi connectivity index (χ3n) is 1.95. The van der Waals surface area contributed by atoms with Gasteiger partial charge in [0.25, 0.3) is 0 Å². The molecule has 72 valence electrons. The maximum Gasteiger partial charge on any atom is 0.335 e. The highest BCUT2D eigenvalue weighted by Gasteiger charge is 2.14. The summed E-state index contributed by atoms with van der Waals surface area (Å²) in [6.07, 6.45) is 5.31. The van der Waals surface area contributed by atoms with Crippen molar-refractivity contribution in [2.45, 2.75) is 26.7 Å². The molecule has 1 rings (SSSR count). The second kappa shape index (κ2) is 4.70. The lowest BCUT2D eigenvalue weighted by molar-refractivity contribution is -0.138. The number of carbonyl (C=O) groups is 1. The molecule has 0 aliphatic carbocycles. The molecule has 0 atom stereocenters. The van der Waals surface area contributed by atoms with Crippen molar-refractivity contribution in [3.05, 3.63) is 23.5 Å². The summed E-state index contributed by atoms with van der Waals surface area (Å²) >= 11 is 0. The quantitative estimate of drug-likeness (QED) is 0.674. The van der Waals surface area contributed by atoms with Gasteiger partial charge in [-0.05, 0) is 25.1 Å². The van der Waals surface area contributed by atoms with E-state index in [2.05, 4.69) is 12.2 Å². The average molecular weight is 181 g/mol. The van der Waals surface area contributed by atoms with Crippen molar-refractivity contribution < 1.29 is 9.53 Å². The Balaban J connectivity index is 2.53. The predicted octanol–water partition coefficient (Wildman–Crippen LogP) is 1.72. The summed E-state index contributed by atoms with van der Waals surface area (Å²) in [4.78, 5) is 11.3. The van der Waals surface area contributed by atoms with E-state index in [9.17, 15) is 4.79 Å². The fourth-order valence-electron chi connectivity index (χ4n) is 1.19. The normalized spacial score (nSPS) is 15.5. The van der Waals surface area contributed by atoms with Crippen LogP contribution in [-0.2, 0) is 9.53 Å². The van der Waals surface area contributed by atoms with E-state index in [-0.39, 0.29) is 5.97 Å². The third-order valence-corrected chi connectivity index (χ3v) is 1.95. The number of dihydropyridines is 1. The first kappa shape index (κ1) is 9.84. The van der Waals surface area contributed by atoms with Crippen LogP contribution < -0.4 is 5.32 Å². The summed E-state index contributed by atoms with van der Waals surface area (Å²) in [6.45, 7) is 4.31. The van der Waals surface area contributed by atoms with E-state index in [1.807, 2.05) is 13.1 Å². The Labute approximate surface area is 78.5 Å². The van der Waals surface area contributed by atoms with E-state index in [1.54, 1.807) is 6.20 Å². The zero-order valence-electron chi connectivity index (χ0n) is 8.09. The lowest BCUT2D eigenvalue weighted by atomic mass is 10.0. The first-order valence-corrected chi connectivity index (χ1v) is 4.58. The molecule has 3 nitrogen and oxygen atoms in total. The highest BCUT2D eigenvalue weighted by atomic mass is 16.5. The Kier molecular flexibility index (Phi) is 3.55. The predicted molar refractivity (Wildman–Crippen MR) is 50.8 cm³/mol. The smallest absolute Gasteiger partial charge is 0.335 e. The van der Waals surface area contributed by atoms with Gasteiger partial charge in [-0.2, -0.15) is 0 Å². The number of carbonyl (C=O) groups excluding carboxylic acids is 1. The lowest BCUT2D eigenvalue weighted by Crippen LogP contribution is -2.15. The van der Waals surface area contributed by atoms with Gasteiger partial charge in [0.1, 0.15) is 0 Å². The molecule has 0 radical (unpaired) electrons. The van der Waals surface area contributed by atoms with Crippen LogP contribution in [0.3, 0.4) is 0 Å². The van der Waals surface area contributed by atoms with Crippen LogP contribution >= 0.6 is 0 Å². The van der Waals surface area contributed by atoms with Gasteiger partial charge >= 0.3 is 5.97 Å². The number of hydrogen-bond donors (Lipinski definition) is 1. The van der Waals surface area contributed by atoms with Crippen LogP contribution in [0.15, 0.2) is 23.5 Å². The van der Waals surface area contributed by atoms with E-state index in [1.165, 1.54) is 5.57 Å². The second-order valence-corrected chi connectivity index (χ2v) is 2.89. The Hall–Kier alpha value is -1.25. The zero-order chi connectivity index (χ0) is 9.68. The average Bonchev–Trinajstić information content (AvgIpc) is 2.18. The van der Waals surface area contributed by atoms with Crippen LogP contribution in [0.1, 0.15) is 26.7 Å². The number of ether oxygens (including phenoxy) is 1. The third kappa shape index (κ3) is 2.61. The first-order chi connectivity index (χ1) is 6.27. The molecule has 3 heteroatoms. The highest BCUT2D eigenvalue weighted by Crippen LogP contribution is 2.17. The monoisotopic (exact) mass is 181 g/mol. The summed E-state index contributed by atoms with van der Waals surface area (Å²) in [6, 6.07) is 0. The number of esters is 1. The second-order valence-electron chi connectivity index (χ2n) is 2.89. The van der Waals surface area contributed by atoms with Gasteiger partial charge in [0.2, 0.25) is 0 Å². The molecule has 0 amide bonds. The molecule has 13 heavy (non-hydrogen) atoms. The van der Waals surface area contributed by atoms with Crippen LogP contribution in [0.25, 0.3) is 0 Å². The Morgan fingerprint density at radius 2 is 2.31 bits per heavy atom. The molecular weight excluding hydrogens is 166 g/mol. The van der Waals surface area contributed by atoms with Crippen LogP contribution in [0, 0.1) is 0 Å². The van der Waals surface area contributed by atoms with Crippen LogP contribution in [-0.4, -0.2) is 12.6 Å². The Morgan fingerprint density at radius 3 is 2.92 bits per heavy atom. The minimum absolute atomic E-state index is 0.214. The summed E-state index contributed by atoms with van der Waals surface area (Å²) in [5.74, 6) is -0.214. The van der Waals surface area contributed by atoms with Gasteiger partial charge in [-0.25, -0.2) is 4.79 Å². The molecule has 0 spiro atoms. The number of hydrogen-bond acceptors (Lipinski definition) is 3. The fourth-order valence-corrected chi connectivity index (χ4v) is 1.19. The van der Waals surface area contributed by atoms with Crippen molar-refractivity contribution in [3.63, 3.8) is 0 Å². The number of nitrogens with one attached hydrogen (secondary N) is 1. The van der Waals surface area contributed by atoms with Crippen molar-refractivity contribution >= 4 is 5.97 Å². The molecule has 0 aromatic carbocycles. The van der Waals surface area contributed by atoms with E-state index < -0.39 is 0 Å². The zero-order valence-corrected chi connectivity index (χ0v) is 8.09. The van der Waals surface area contributed by atoms with Crippen LogP contribution in [0.5, 0.6) is 0 Å². The van der Waals surface area contributed by atoms with E-state index >= 15 is 0 Å². The first-order valence-electron chi connectivity index (χ1n) is 4.58. The highest BCUT2D eigenvalue weighted by molar-refractivity contribution is 5.89. The van der Waals surface area contributed by atoms with Gasteiger partial charge in [0, 0.05) is 12.6 Å². The molecule has 1 aliphatic rings. The van der Waals surface area contributed by atoms with Gasteiger partial charge in [0.15, 0.2) is 0 Å².